The number of nitrogens with one attached hydrogen (secondary N) is 1. The molecule has 2 unspecified atom stereocenters. The van der Waals surface area contributed by atoms with E-state index in [1.54, 1.807) is 18.7 Å². The Morgan fingerprint density at radius 1 is 1.10 bits per heavy atom. The van der Waals surface area contributed by atoms with E-state index in [4.69, 9.17) is 4.42 Å². The number of rotatable bonds is 4. The van der Waals surface area contributed by atoms with E-state index < -0.39 is 0 Å². The lowest BCUT2D eigenvalue weighted by atomic mass is 9.83. The Morgan fingerprint density at radius 2 is 1.97 bits per heavy atom. The number of para-hydroxylation sites is 1. The summed E-state index contributed by atoms with van der Waals surface area (Å²) in [5.74, 6) is 1.39. The van der Waals surface area contributed by atoms with Gasteiger partial charge in [0.2, 0.25) is 11.9 Å². The first-order chi connectivity index (χ1) is 14.3. The van der Waals surface area contributed by atoms with E-state index in [2.05, 4.69) is 43.3 Å². The molecule has 2 aliphatic heterocycles. The van der Waals surface area contributed by atoms with Crippen molar-refractivity contribution in [2.24, 2.45) is 5.92 Å². The zero-order valence-electron chi connectivity index (χ0n) is 16.1. The number of carbonyl (C=O) groups is 1. The summed E-state index contributed by atoms with van der Waals surface area (Å²) in [5, 5.41) is 3.06. The molecule has 0 saturated carbocycles. The van der Waals surface area contributed by atoms with Gasteiger partial charge in [-0.1, -0.05) is 18.2 Å². The lowest BCUT2D eigenvalue weighted by Gasteiger charge is -2.49. The van der Waals surface area contributed by atoms with Crippen LogP contribution in [0.2, 0.25) is 0 Å². The third kappa shape index (κ3) is 3.44. The van der Waals surface area contributed by atoms with E-state index >= 15 is 0 Å². The molecular formula is C22H23N5O2. The van der Waals surface area contributed by atoms with E-state index in [0.29, 0.717) is 6.54 Å². The molecule has 3 aromatic rings. The molecule has 1 amide bonds. The summed E-state index contributed by atoms with van der Waals surface area (Å²) in [7, 11) is 0. The smallest absolute Gasteiger partial charge is 0.225 e. The van der Waals surface area contributed by atoms with Crippen LogP contribution >= 0.6 is 0 Å². The Hall–Kier alpha value is -3.35. The average molecular weight is 389 g/mol. The molecule has 148 valence electrons. The Balaban J connectivity index is 1.40. The van der Waals surface area contributed by atoms with Crippen molar-refractivity contribution < 1.29 is 9.21 Å². The van der Waals surface area contributed by atoms with Crippen LogP contribution in [0.4, 0.5) is 11.6 Å². The lowest BCUT2D eigenvalue weighted by molar-refractivity contribution is -0.126. The fourth-order valence-electron chi connectivity index (χ4n) is 4.41. The number of furan rings is 1. The monoisotopic (exact) mass is 389 g/mol. The maximum absolute atomic E-state index is 13.2. The zero-order chi connectivity index (χ0) is 19.6. The molecule has 5 rings (SSSR count). The number of anilines is 2. The maximum Gasteiger partial charge on any atom is 0.225 e. The molecular weight excluding hydrogens is 366 g/mol. The maximum atomic E-state index is 13.2. The molecule has 0 radical (unpaired) electrons. The second kappa shape index (κ2) is 7.58. The largest absolute Gasteiger partial charge is 0.467 e. The predicted molar refractivity (Wildman–Crippen MR) is 110 cm³/mol. The summed E-state index contributed by atoms with van der Waals surface area (Å²) in [6.45, 7) is 2.79. The van der Waals surface area contributed by atoms with Gasteiger partial charge in [-0.3, -0.25) is 4.79 Å². The minimum Gasteiger partial charge on any atom is -0.467 e. The third-order valence-electron chi connectivity index (χ3n) is 5.81. The first-order valence-electron chi connectivity index (χ1n) is 9.96. The number of benzene rings is 1. The fourth-order valence-corrected chi connectivity index (χ4v) is 4.41. The Bertz CT molecular complexity index is 976. The molecule has 1 saturated heterocycles. The van der Waals surface area contributed by atoms with Crippen molar-refractivity contribution in [3.05, 3.63) is 72.4 Å². The van der Waals surface area contributed by atoms with Gasteiger partial charge < -0.3 is 19.5 Å². The van der Waals surface area contributed by atoms with Crippen molar-refractivity contribution in [2.75, 3.05) is 29.4 Å². The molecule has 1 N–H and O–H groups in total. The third-order valence-corrected chi connectivity index (χ3v) is 5.81. The number of hydrogen-bond acceptors (Lipinski definition) is 6. The molecule has 0 spiro atoms. The number of nitrogens with zero attached hydrogens (tertiary/aromatic N) is 4. The van der Waals surface area contributed by atoms with Crippen LogP contribution in [0.1, 0.15) is 11.3 Å². The highest BCUT2D eigenvalue weighted by Crippen LogP contribution is 2.36. The van der Waals surface area contributed by atoms with Gasteiger partial charge in [0, 0.05) is 37.7 Å². The van der Waals surface area contributed by atoms with E-state index in [-0.39, 0.29) is 17.9 Å². The van der Waals surface area contributed by atoms with Gasteiger partial charge in [-0.25, -0.2) is 9.97 Å². The number of aromatic nitrogens is 2. The van der Waals surface area contributed by atoms with Crippen LogP contribution in [0.25, 0.3) is 0 Å². The van der Waals surface area contributed by atoms with Gasteiger partial charge >= 0.3 is 0 Å². The first-order valence-corrected chi connectivity index (χ1v) is 9.96. The molecule has 1 aromatic carbocycles. The number of piperazine rings is 1. The molecule has 2 atom stereocenters. The standard InChI is InChI=1S/C22H23N5O2/c28-21(25-14-17-6-3-12-29-17)18-13-16-5-1-2-7-19(16)27-11-10-26(15-20(18)27)22-23-8-4-9-24-22/h1-9,12,18,20H,10-11,13-15H2,(H,25,28). The minimum atomic E-state index is -0.147. The lowest BCUT2D eigenvalue weighted by Crippen LogP contribution is -2.61. The molecule has 0 bridgehead atoms. The molecule has 7 heteroatoms. The summed E-state index contributed by atoms with van der Waals surface area (Å²) in [5.41, 5.74) is 2.47. The first kappa shape index (κ1) is 17.7. The van der Waals surface area contributed by atoms with Crippen LogP contribution < -0.4 is 15.1 Å². The van der Waals surface area contributed by atoms with Gasteiger partial charge in [0.25, 0.3) is 0 Å². The fraction of sp³-hybridized carbons (Fsp3) is 0.318. The van der Waals surface area contributed by atoms with Crippen LogP contribution in [0, 0.1) is 5.92 Å². The van der Waals surface area contributed by atoms with Gasteiger partial charge in [0.05, 0.1) is 24.8 Å². The number of fused-ring (bicyclic) bond motifs is 3. The molecule has 29 heavy (non-hydrogen) atoms. The van der Waals surface area contributed by atoms with Gasteiger partial charge in [-0.15, -0.1) is 0 Å². The van der Waals surface area contributed by atoms with Crippen molar-refractivity contribution in [2.45, 2.75) is 19.0 Å². The highest BCUT2D eigenvalue weighted by atomic mass is 16.3. The summed E-state index contributed by atoms with van der Waals surface area (Å²) in [6, 6.07) is 14.0. The van der Waals surface area contributed by atoms with Crippen molar-refractivity contribution in [3.63, 3.8) is 0 Å². The van der Waals surface area contributed by atoms with E-state index in [9.17, 15) is 4.79 Å². The van der Waals surface area contributed by atoms with Crippen LogP contribution in [0.15, 0.2) is 65.5 Å². The zero-order valence-corrected chi connectivity index (χ0v) is 16.1. The number of carbonyl (C=O) groups excluding carboxylic acids is 1. The molecule has 4 heterocycles. The highest BCUT2D eigenvalue weighted by Gasteiger charge is 2.41. The van der Waals surface area contributed by atoms with Crippen LogP contribution in [-0.2, 0) is 17.8 Å². The Labute approximate surface area is 169 Å². The van der Waals surface area contributed by atoms with Gasteiger partial charge in [-0.2, -0.15) is 0 Å². The van der Waals surface area contributed by atoms with Gasteiger partial charge in [0.1, 0.15) is 5.76 Å². The van der Waals surface area contributed by atoms with Crippen LogP contribution in [0.3, 0.4) is 0 Å². The average Bonchev–Trinajstić information content (AvgIpc) is 3.31. The molecule has 0 aliphatic carbocycles. The summed E-state index contributed by atoms with van der Waals surface area (Å²) >= 11 is 0. The Morgan fingerprint density at radius 3 is 2.79 bits per heavy atom. The van der Waals surface area contributed by atoms with Crippen molar-refractivity contribution in [1.82, 2.24) is 15.3 Å². The topological polar surface area (TPSA) is 74.5 Å². The Kier molecular flexibility index (Phi) is 4.63. The van der Waals surface area contributed by atoms with Crippen LogP contribution in [-0.4, -0.2) is 41.6 Å². The molecule has 2 aromatic heterocycles. The SMILES string of the molecule is O=C(NCc1ccco1)C1Cc2ccccc2N2CCN(c3ncccn3)CC12. The summed E-state index contributed by atoms with van der Waals surface area (Å²) < 4.78 is 5.36. The second-order valence-corrected chi connectivity index (χ2v) is 7.49. The molecule has 1 fully saturated rings. The van der Waals surface area contributed by atoms with E-state index in [1.807, 2.05) is 24.3 Å². The van der Waals surface area contributed by atoms with E-state index in [0.717, 1.165) is 37.8 Å². The predicted octanol–water partition coefficient (Wildman–Crippen LogP) is 2.25. The normalized spacial score (nSPS) is 20.7. The van der Waals surface area contributed by atoms with Crippen molar-refractivity contribution in [1.29, 1.82) is 0 Å². The minimum absolute atomic E-state index is 0.0572. The van der Waals surface area contributed by atoms with E-state index in [1.165, 1.54) is 11.3 Å². The number of hydrogen-bond donors (Lipinski definition) is 1. The van der Waals surface area contributed by atoms with Gasteiger partial charge in [-0.05, 0) is 36.2 Å². The quantitative estimate of drug-likeness (QED) is 0.738. The van der Waals surface area contributed by atoms with Crippen molar-refractivity contribution in [3.8, 4) is 0 Å². The second-order valence-electron chi connectivity index (χ2n) is 7.49. The van der Waals surface area contributed by atoms with Crippen LogP contribution in [0.5, 0.6) is 0 Å². The number of amides is 1. The molecule has 2 aliphatic rings. The summed E-state index contributed by atoms with van der Waals surface area (Å²) in [6.07, 6.45) is 5.88. The van der Waals surface area contributed by atoms with Crippen molar-refractivity contribution >= 4 is 17.5 Å². The molecule has 7 nitrogen and oxygen atoms in total. The highest BCUT2D eigenvalue weighted by molar-refractivity contribution is 5.82. The van der Waals surface area contributed by atoms with Gasteiger partial charge in [0.15, 0.2) is 0 Å². The summed E-state index contributed by atoms with van der Waals surface area (Å²) in [4.78, 5) is 26.6.